The Kier molecular flexibility index (Phi) is 3.68. The number of aromatic nitrogens is 2. The second kappa shape index (κ2) is 5.63. The van der Waals surface area contributed by atoms with Crippen molar-refractivity contribution in [2.45, 2.75) is 18.8 Å². The van der Waals surface area contributed by atoms with E-state index in [1.165, 1.54) is 12.8 Å². The van der Waals surface area contributed by atoms with Gasteiger partial charge < -0.3 is 15.5 Å². The lowest BCUT2D eigenvalue weighted by atomic mass is 10.3. The molecule has 1 aromatic rings. The number of anilines is 1. The van der Waals surface area contributed by atoms with Gasteiger partial charge in [-0.25, -0.2) is 9.59 Å². The lowest BCUT2D eigenvalue weighted by Gasteiger charge is -2.14. The molecular formula is C13H20N6O2. The Balaban J connectivity index is 1.44. The molecule has 2 heterocycles. The maximum atomic E-state index is 11.8. The zero-order valence-corrected chi connectivity index (χ0v) is 12.1. The van der Waals surface area contributed by atoms with Gasteiger partial charge in [-0.2, -0.15) is 5.10 Å². The summed E-state index contributed by atoms with van der Waals surface area (Å²) in [5.74, 6) is 1.25. The SMILES string of the molecule is Cn1nc(C2CC2)cc1NC(=O)NCCN1CCNC1=O. The molecule has 3 N–H and O–H groups in total. The van der Waals surface area contributed by atoms with Crippen LogP contribution in [0.4, 0.5) is 15.4 Å². The number of hydrogen-bond acceptors (Lipinski definition) is 3. The molecule has 0 bridgehead atoms. The van der Waals surface area contributed by atoms with E-state index in [0.29, 0.717) is 37.9 Å². The molecule has 8 heteroatoms. The monoisotopic (exact) mass is 292 g/mol. The molecule has 4 amide bonds. The van der Waals surface area contributed by atoms with E-state index in [4.69, 9.17) is 0 Å². The number of amides is 4. The molecule has 0 aromatic carbocycles. The van der Waals surface area contributed by atoms with Gasteiger partial charge in [0.05, 0.1) is 5.69 Å². The summed E-state index contributed by atoms with van der Waals surface area (Å²) in [6.45, 7) is 2.29. The standard InChI is InChI=1S/C13H20N6O2/c1-18-11(8-10(17-18)9-2-3-9)16-12(20)14-4-6-19-7-5-15-13(19)21/h8-9H,2-7H2,1H3,(H,15,21)(H2,14,16,20). The van der Waals surface area contributed by atoms with Crippen LogP contribution in [0.1, 0.15) is 24.5 Å². The Bertz CT molecular complexity index is 551. The number of carbonyl (C=O) groups excluding carboxylic acids is 2. The molecule has 0 unspecified atom stereocenters. The summed E-state index contributed by atoms with van der Waals surface area (Å²) >= 11 is 0. The maximum Gasteiger partial charge on any atom is 0.320 e. The smallest absolute Gasteiger partial charge is 0.320 e. The quantitative estimate of drug-likeness (QED) is 0.735. The van der Waals surface area contributed by atoms with E-state index in [1.54, 1.807) is 9.58 Å². The summed E-state index contributed by atoms with van der Waals surface area (Å²) in [6, 6.07) is 1.57. The number of carbonyl (C=O) groups is 2. The van der Waals surface area contributed by atoms with Crippen molar-refractivity contribution in [1.29, 1.82) is 0 Å². The van der Waals surface area contributed by atoms with Crippen molar-refractivity contribution < 1.29 is 9.59 Å². The predicted molar refractivity (Wildman–Crippen MR) is 77.2 cm³/mol. The molecule has 0 spiro atoms. The largest absolute Gasteiger partial charge is 0.336 e. The van der Waals surface area contributed by atoms with Crippen LogP contribution in [0.2, 0.25) is 0 Å². The molecule has 3 rings (SSSR count). The summed E-state index contributed by atoms with van der Waals surface area (Å²) in [4.78, 5) is 24.8. The highest BCUT2D eigenvalue weighted by Crippen LogP contribution is 2.39. The summed E-state index contributed by atoms with van der Waals surface area (Å²) in [5.41, 5.74) is 1.04. The third-order valence-corrected chi connectivity index (χ3v) is 3.75. The average molecular weight is 292 g/mol. The van der Waals surface area contributed by atoms with Crippen LogP contribution >= 0.6 is 0 Å². The van der Waals surface area contributed by atoms with Crippen molar-refractivity contribution in [1.82, 2.24) is 25.3 Å². The summed E-state index contributed by atoms with van der Waals surface area (Å²) in [5, 5.41) is 12.6. The van der Waals surface area contributed by atoms with Crippen LogP contribution in [-0.4, -0.2) is 52.9 Å². The van der Waals surface area contributed by atoms with Crippen molar-refractivity contribution in [3.05, 3.63) is 11.8 Å². The fraction of sp³-hybridized carbons (Fsp3) is 0.615. The van der Waals surface area contributed by atoms with E-state index in [0.717, 1.165) is 5.69 Å². The van der Waals surface area contributed by atoms with E-state index >= 15 is 0 Å². The number of hydrogen-bond donors (Lipinski definition) is 3. The second-order valence-electron chi connectivity index (χ2n) is 5.45. The highest BCUT2D eigenvalue weighted by Gasteiger charge is 2.27. The fourth-order valence-corrected chi connectivity index (χ4v) is 2.37. The normalized spacial score (nSPS) is 17.8. The third kappa shape index (κ3) is 3.26. The number of nitrogens with one attached hydrogen (secondary N) is 3. The Hall–Kier alpha value is -2.25. The number of rotatable bonds is 5. The van der Waals surface area contributed by atoms with E-state index in [1.807, 2.05) is 13.1 Å². The van der Waals surface area contributed by atoms with Gasteiger partial charge in [0.1, 0.15) is 5.82 Å². The fourth-order valence-electron chi connectivity index (χ4n) is 2.37. The highest BCUT2D eigenvalue weighted by atomic mass is 16.2. The number of aryl methyl sites for hydroxylation is 1. The maximum absolute atomic E-state index is 11.8. The van der Waals surface area contributed by atoms with Gasteiger partial charge in [-0.3, -0.25) is 10.00 Å². The van der Waals surface area contributed by atoms with Crippen molar-refractivity contribution in [2.24, 2.45) is 7.05 Å². The van der Waals surface area contributed by atoms with E-state index in [2.05, 4.69) is 21.0 Å². The van der Waals surface area contributed by atoms with Crippen molar-refractivity contribution in [3.8, 4) is 0 Å². The first kappa shape index (κ1) is 13.7. The van der Waals surface area contributed by atoms with E-state index in [-0.39, 0.29) is 12.1 Å². The molecular weight excluding hydrogens is 272 g/mol. The third-order valence-electron chi connectivity index (χ3n) is 3.75. The molecule has 1 aliphatic heterocycles. The van der Waals surface area contributed by atoms with E-state index < -0.39 is 0 Å². The first-order valence-corrected chi connectivity index (χ1v) is 7.25. The number of urea groups is 2. The molecule has 8 nitrogen and oxygen atoms in total. The summed E-state index contributed by atoms with van der Waals surface area (Å²) in [7, 11) is 1.82. The van der Waals surface area contributed by atoms with Gasteiger partial charge in [0, 0.05) is 45.2 Å². The summed E-state index contributed by atoms with van der Waals surface area (Å²) < 4.78 is 1.68. The van der Waals surface area contributed by atoms with Crippen LogP contribution in [0.15, 0.2) is 6.07 Å². The lowest BCUT2D eigenvalue weighted by Crippen LogP contribution is -2.38. The second-order valence-corrected chi connectivity index (χ2v) is 5.45. The molecule has 1 aromatic heterocycles. The van der Waals surface area contributed by atoms with Gasteiger partial charge in [0.15, 0.2) is 0 Å². The minimum absolute atomic E-state index is 0.0714. The first-order valence-electron chi connectivity index (χ1n) is 7.25. The Morgan fingerprint density at radius 2 is 2.33 bits per heavy atom. The van der Waals surface area contributed by atoms with Gasteiger partial charge in [-0.15, -0.1) is 0 Å². The molecule has 2 fully saturated rings. The molecule has 1 saturated carbocycles. The van der Waals surface area contributed by atoms with Crippen LogP contribution in [0.3, 0.4) is 0 Å². The zero-order chi connectivity index (χ0) is 14.8. The highest BCUT2D eigenvalue weighted by molar-refractivity contribution is 5.88. The van der Waals surface area contributed by atoms with Gasteiger partial charge in [0.25, 0.3) is 0 Å². The topological polar surface area (TPSA) is 91.3 Å². The van der Waals surface area contributed by atoms with Crippen LogP contribution in [-0.2, 0) is 7.05 Å². The van der Waals surface area contributed by atoms with Crippen LogP contribution in [0.5, 0.6) is 0 Å². The van der Waals surface area contributed by atoms with Crippen LogP contribution < -0.4 is 16.0 Å². The first-order chi connectivity index (χ1) is 10.1. The van der Waals surface area contributed by atoms with Crippen LogP contribution in [0, 0.1) is 0 Å². The Morgan fingerprint density at radius 1 is 1.52 bits per heavy atom. The Labute approximate surface area is 122 Å². The molecule has 114 valence electrons. The number of nitrogens with zero attached hydrogens (tertiary/aromatic N) is 3. The van der Waals surface area contributed by atoms with Gasteiger partial charge >= 0.3 is 12.1 Å². The van der Waals surface area contributed by atoms with Crippen molar-refractivity contribution in [3.63, 3.8) is 0 Å². The molecule has 2 aliphatic rings. The van der Waals surface area contributed by atoms with Gasteiger partial charge in [-0.05, 0) is 12.8 Å². The van der Waals surface area contributed by atoms with Crippen molar-refractivity contribution in [2.75, 3.05) is 31.5 Å². The molecule has 21 heavy (non-hydrogen) atoms. The minimum atomic E-state index is -0.278. The van der Waals surface area contributed by atoms with E-state index in [9.17, 15) is 9.59 Å². The van der Waals surface area contributed by atoms with Crippen LogP contribution in [0.25, 0.3) is 0 Å². The zero-order valence-electron chi connectivity index (χ0n) is 12.1. The van der Waals surface area contributed by atoms with Gasteiger partial charge in [-0.1, -0.05) is 0 Å². The molecule has 0 radical (unpaired) electrons. The average Bonchev–Trinajstić information content (AvgIpc) is 3.13. The molecule has 0 atom stereocenters. The minimum Gasteiger partial charge on any atom is -0.336 e. The molecule has 1 saturated heterocycles. The van der Waals surface area contributed by atoms with Crippen molar-refractivity contribution >= 4 is 17.9 Å². The lowest BCUT2D eigenvalue weighted by molar-refractivity contribution is 0.216. The molecule has 1 aliphatic carbocycles. The summed E-state index contributed by atoms with van der Waals surface area (Å²) in [6.07, 6.45) is 2.36. The Morgan fingerprint density at radius 3 is 3.00 bits per heavy atom. The van der Waals surface area contributed by atoms with Gasteiger partial charge in [0.2, 0.25) is 0 Å². The predicted octanol–water partition coefficient (Wildman–Crippen LogP) is 0.444.